The fourth-order valence-electron chi connectivity index (χ4n) is 1.30. The maximum absolute atomic E-state index is 12.6. The van der Waals surface area contributed by atoms with E-state index < -0.39 is 11.7 Å². The molecular formula is C10H14F3N3O. The van der Waals surface area contributed by atoms with Crippen LogP contribution in [0, 0.1) is 0 Å². The first-order valence-electron chi connectivity index (χ1n) is 4.98. The van der Waals surface area contributed by atoms with Crippen molar-refractivity contribution < 1.29 is 18.3 Å². The SMILES string of the molecule is CN(CCO)c1cc(C(F)(F)F)cc(CN)n1. The van der Waals surface area contributed by atoms with Gasteiger partial charge in [0.25, 0.3) is 0 Å². The van der Waals surface area contributed by atoms with Gasteiger partial charge in [-0.2, -0.15) is 13.2 Å². The Hall–Kier alpha value is -1.34. The molecule has 1 aromatic heterocycles. The van der Waals surface area contributed by atoms with Crippen molar-refractivity contribution in [1.82, 2.24) is 4.98 Å². The lowest BCUT2D eigenvalue weighted by molar-refractivity contribution is -0.137. The molecule has 0 saturated heterocycles. The summed E-state index contributed by atoms with van der Waals surface area (Å²) in [5, 5.41) is 8.74. The summed E-state index contributed by atoms with van der Waals surface area (Å²) in [6, 6.07) is 1.87. The standard InChI is InChI=1S/C10H14F3N3O/c1-16(2-3-17)9-5-7(10(11,12)13)4-8(6-14)15-9/h4-5,17H,2-3,6,14H2,1H3. The van der Waals surface area contributed by atoms with E-state index in [2.05, 4.69) is 4.98 Å². The molecule has 7 heteroatoms. The zero-order valence-corrected chi connectivity index (χ0v) is 9.33. The molecule has 4 nitrogen and oxygen atoms in total. The van der Waals surface area contributed by atoms with Crippen LogP contribution in [0.5, 0.6) is 0 Å². The van der Waals surface area contributed by atoms with Gasteiger partial charge >= 0.3 is 6.18 Å². The van der Waals surface area contributed by atoms with Crippen LogP contribution >= 0.6 is 0 Å². The van der Waals surface area contributed by atoms with Crippen LogP contribution in [0.3, 0.4) is 0 Å². The summed E-state index contributed by atoms with van der Waals surface area (Å²) < 4.78 is 37.8. The lowest BCUT2D eigenvalue weighted by Crippen LogP contribution is -2.23. The summed E-state index contributed by atoms with van der Waals surface area (Å²) in [5.74, 6) is 0.148. The van der Waals surface area contributed by atoms with Crippen LogP contribution in [-0.4, -0.2) is 30.3 Å². The second kappa shape index (κ2) is 5.33. The molecular weight excluding hydrogens is 235 g/mol. The fourth-order valence-corrected chi connectivity index (χ4v) is 1.30. The number of anilines is 1. The molecule has 0 spiro atoms. The highest BCUT2D eigenvalue weighted by Crippen LogP contribution is 2.31. The number of rotatable bonds is 4. The third-order valence-electron chi connectivity index (χ3n) is 2.23. The van der Waals surface area contributed by atoms with Gasteiger partial charge in [0, 0.05) is 20.1 Å². The van der Waals surface area contributed by atoms with E-state index in [9.17, 15) is 13.2 Å². The Kier molecular flexibility index (Phi) is 4.30. The van der Waals surface area contributed by atoms with E-state index in [1.807, 2.05) is 0 Å². The number of nitrogens with zero attached hydrogens (tertiary/aromatic N) is 2. The highest BCUT2D eigenvalue weighted by molar-refractivity contribution is 5.43. The van der Waals surface area contributed by atoms with Gasteiger partial charge in [-0.3, -0.25) is 0 Å². The maximum atomic E-state index is 12.6. The summed E-state index contributed by atoms with van der Waals surface area (Å²) in [6.07, 6.45) is -4.43. The Labute approximate surface area is 96.9 Å². The van der Waals surface area contributed by atoms with Crippen molar-refractivity contribution in [2.75, 3.05) is 25.1 Å². The van der Waals surface area contributed by atoms with Gasteiger partial charge in [0.2, 0.25) is 0 Å². The topological polar surface area (TPSA) is 62.4 Å². The third kappa shape index (κ3) is 3.57. The number of hydrogen-bond donors (Lipinski definition) is 2. The number of aromatic nitrogens is 1. The zero-order valence-electron chi connectivity index (χ0n) is 9.33. The molecule has 0 fully saturated rings. The number of aliphatic hydroxyl groups excluding tert-OH is 1. The van der Waals surface area contributed by atoms with Gasteiger partial charge in [-0.05, 0) is 12.1 Å². The molecule has 1 heterocycles. The average molecular weight is 249 g/mol. The summed E-state index contributed by atoms with van der Waals surface area (Å²) in [7, 11) is 1.55. The first-order valence-corrected chi connectivity index (χ1v) is 4.98. The van der Waals surface area contributed by atoms with Gasteiger partial charge in [0.05, 0.1) is 17.9 Å². The normalized spacial score (nSPS) is 11.6. The minimum Gasteiger partial charge on any atom is -0.395 e. The number of likely N-dealkylation sites (N-methyl/N-ethyl adjacent to an activating group) is 1. The van der Waals surface area contributed by atoms with E-state index in [1.54, 1.807) is 7.05 Å². The van der Waals surface area contributed by atoms with Crippen LogP contribution in [0.4, 0.5) is 19.0 Å². The maximum Gasteiger partial charge on any atom is 0.416 e. The van der Waals surface area contributed by atoms with E-state index in [1.165, 1.54) is 4.90 Å². The molecule has 0 aliphatic heterocycles. The van der Waals surface area contributed by atoms with Crippen molar-refractivity contribution in [2.45, 2.75) is 12.7 Å². The second-order valence-corrected chi connectivity index (χ2v) is 3.55. The van der Waals surface area contributed by atoms with Crippen molar-refractivity contribution >= 4 is 5.82 Å². The molecule has 0 saturated carbocycles. The molecule has 0 aliphatic carbocycles. The molecule has 0 aliphatic rings. The van der Waals surface area contributed by atoms with Crippen LogP contribution in [0.2, 0.25) is 0 Å². The van der Waals surface area contributed by atoms with Crippen molar-refractivity contribution in [1.29, 1.82) is 0 Å². The summed E-state index contributed by atoms with van der Waals surface area (Å²) >= 11 is 0. The Bertz CT molecular complexity index is 382. The van der Waals surface area contributed by atoms with Crippen molar-refractivity contribution in [3.8, 4) is 0 Å². The van der Waals surface area contributed by atoms with Gasteiger partial charge in [0.1, 0.15) is 5.82 Å². The molecule has 1 rings (SSSR count). The van der Waals surface area contributed by atoms with Crippen molar-refractivity contribution in [3.05, 3.63) is 23.4 Å². The molecule has 0 atom stereocenters. The van der Waals surface area contributed by atoms with Crippen molar-refractivity contribution in [3.63, 3.8) is 0 Å². The van der Waals surface area contributed by atoms with Gasteiger partial charge in [-0.15, -0.1) is 0 Å². The Morgan fingerprint density at radius 3 is 2.53 bits per heavy atom. The quantitative estimate of drug-likeness (QED) is 0.835. The molecule has 0 aromatic carbocycles. The summed E-state index contributed by atoms with van der Waals surface area (Å²) in [5.41, 5.74) is 4.69. The highest BCUT2D eigenvalue weighted by Gasteiger charge is 2.31. The molecule has 0 radical (unpaired) electrons. The molecule has 0 bridgehead atoms. The lowest BCUT2D eigenvalue weighted by Gasteiger charge is -2.19. The Balaban J connectivity index is 3.14. The predicted octanol–water partition coefficient (Wildman–Crippen LogP) is 0.988. The first kappa shape index (κ1) is 13.7. The Morgan fingerprint density at radius 2 is 2.06 bits per heavy atom. The average Bonchev–Trinajstić information content (AvgIpc) is 2.27. The van der Waals surface area contributed by atoms with E-state index in [0.717, 1.165) is 12.1 Å². The van der Waals surface area contributed by atoms with E-state index >= 15 is 0 Å². The number of pyridine rings is 1. The number of alkyl halides is 3. The minimum absolute atomic E-state index is 0.0656. The molecule has 96 valence electrons. The summed E-state index contributed by atoms with van der Waals surface area (Å²) in [4.78, 5) is 5.41. The van der Waals surface area contributed by atoms with Gasteiger partial charge in [-0.25, -0.2) is 4.98 Å². The number of aliphatic hydroxyl groups is 1. The monoisotopic (exact) mass is 249 g/mol. The molecule has 3 N–H and O–H groups in total. The number of nitrogens with two attached hydrogens (primary N) is 1. The zero-order chi connectivity index (χ0) is 13.1. The lowest BCUT2D eigenvalue weighted by atomic mass is 10.2. The smallest absolute Gasteiger partial charge is 0.395 e. The Morgan fingerprint density at radius 1 is 1.41 bits per heavy atom. The van der Waals surface area contributed by atoms with E-state index in [0.29, 0.717) is 0 Å². The third-order valence-corrected chi connectivity index (χ3v) is 2.23. The van der Waals surface area contributed by atoms with E-state index in [4.69, 9.17) is 10.8 Å². The molecule has 0 amide bonds. The van der Waals surface area contributed by atoms with Crippen LogP contribution < -0.4 is 10.6 Å². The summed E-state index contributed by atoms with van der Waals surface area (Å²) in [6.45, 7) is -0.0193. The van der Waals surface area contributed by atoms with Crippen LogP contribution in [-0.2, 0) is 12.7 Å². The number of halogens is 3. The minimum atomic E-state index is -4.43. The molecule has 0 unspecified atom stereocenters. The largest absolute Gasteiger partial charge is 0.416 e. The van der Waals surface area contributed by atoms with Crippen LogP contribution in [0.1, 0.15) is 11.3 Å². The fraction of sp³-hybridized carbons (Fsp3) is 0.500. The van der Waals surface area contributed by atoms with E-state index in [-0.39, 0.29) is 31.2 Å². The van der Waals surface area contributed by atoms with Crippen LogP contribution in [0.15, 0.2) is 12.1 Å². The molecule has 17 heavy (non-hydrogen) atoms. The second-order valence-electron chi connectivity index (χ2n) is 3.55. The van der Waals surface area contributed by atoms with Crippen molar-refractivity contribution in [2.24, 2.45) is 5.73 Å². The predicted molar refractivity (Wildman–Crippen MR) is 57.5 cm³/mol. The van der Waals surface area contributed by atoms with Gasteiger partial charge in [0.15, 0.2) is 0 Å². The first-order chi connectivity index (χ1) is 7.88. The molecule has 1 aromatic rings. The van der Waals surface area contributed by atoms with Crippen LogP contribution in [0.25, 0.3) is 0 Å². The van der Waals surface area contributed by atoms with Gasteiger partial charge in [-0.1, -0.05) is 0 Å². The highest BCUT2D eigenvalue weighted by atomic mass is 19.4. The van der Waals surface area contributed by atoms with Gasteiger partial charge < -0.3 is 15.7 Å². The number of hydrogen-bond acceptors (Lipinski definition) is 4.